The van der Waals surface area contributed by atoms with Crippen molar-refractivity contribution < 1.29 is 14.3 Å². The van der Waals surface area contributed by atoms with Crippen molar-refractivity contribution in [2.24, 2.45) is 0 Å². The SMILES string of the molecule is Cc1cc(C(=O)Nc2ccc3c(c2)OCO3)nc(Nc2ccccc2C)n1. The Balaban J connectivity index is 1.55. The molecule has 2 N–H and O–H groups in total. The Morgan fingerprint density at radius 1 is 1.00 bits per heavy atom. The molecule has 0 unspecified atom stereocenters. The van der Waals surface area contributed by atoms with Gasteiger partial charge in [0.1, 0.15) is 5.69 Å². The van der Waals surface area contributed by atoms with Crippen molar-refractivity contribution in [3.8, 4) is 11.5 Å². The number of nitrogens with zero attached hydrogens (tertiary/aromatic N) is 2. The number of hydrogen-bond acceptors (Lipinski definition) is 6. The van der Waals surface area contributed by atoms with Crippen LogP contribution >= 0.6 is 0 Å². The van der Waals surface area contributed by atoms with Crippen LogP contribution in [0.1, 0.15) is 21.7 Å². The minimum Gasteiger partial charge on any atom is -0.454 e. The summed E-state index contributed by atoms with van der Waals surface area (Å²) >= 11 is 0. The number of nitrogens with one attached hydrogen (secondary N) is 2. The number of anilines is 3. The van der Waals surface area contributed by atoms with Crippen LogP contribution in [0.4, 0.5) is 17.3 Å². The summed E-state index contributed by atoms with van der Waals surface area (Å²) in [5.41, 5.74) is 3.53. The topological polar surface area (TPSA) is 85.4 Å². The van der Waals surface area contributed by atoms with Crippen LogP contribution in [0.15, 0.2) is 48.5 Å². The van der Waals surface area contributed by atoms with E-state index >= 15 is 0 Å². The van der Waals surface area contributed by atoms with Crippen molar-refractivity contribution in [3.63, 3.8) is 0 Å². The van der Waals surface area contributed by atoms with Crippen LogP contribution in [-0.2, 0) is 0 Å². The molecule has 7 heteroatoms. The Morgan fingerprint density at radius 3 is 2.67 bits per heavy atom. The highest BCUT2D eigenvalue weighted by molar-refractivity contribution is 6.03. The lowest BCUT2D eigenvalue weighted by atomic mass is 10.2. The molecule has 0 radical (unpaired) electrons. The molecule has 1 aromatic heterocycles. The minimum absolute atomic E-state index is 0.186. The zero-order valence-electron chi connectivity index (χ0n) is 14.9. The Labute approximate surface area is 156 Å². The van der Waals surface area contributed by atoms with E-state index < -0.39 is 0 Å². The van der Waals surface area contributed by atoms with Gasteiger partial charge in [-0.1, -0.05) is 18.2 Å². The number of carbonyl (C=O) groups is 1. The van der Waals surface area contributed by atoms with Gasteiger partial charge < -0.3 is 20.1 Å². The fourth-order valence-electron chi connectivity index (χ4n) is 2.74. The van der Waals surface area contributed by atoms with Crippen molar-refractivity contribution in [2.75, 3.05) is 17.4 Å². The quantitative estimate of drug-likeness (QED) is 0.734. The van der Waals surface area contributed by atoms with Gasteiger partial charge in [-0.05, 0) is 43.7 Å². The maximum atomic E-state index is 12.6. The molecule has 4 rings (SSSR count). The van der Waals surface area contributed by atoms with Gasteiger partial charge in [0.2, 0.25) is 12.7 Å². The van der Waals surface area contributed by atoms with Crippen LogP contribution in [0.3, 0.4) is 0 Å². The number of hydrogen-bond donors (Lipinski definition) is 2. The predicted molar refractivity (Wildman–Crippen MR) is 102 cm³/mol. The van der Waals surface area contributed by atoms with Gasteiger partial charge in [0, 0.05) is 23.1 Å². The zero-order valence-corrected chi connectivity index (χ0v) is 14.9. The lowest BCUT2D eigenvalue weighted by Crippen LogP contribution is -2.15. The second kappa shape index (κ2) is 6.95. The third-order valence-corrected chi connectivity index (χ3v) is 4.11. The fraction of sp³-hybridized carbons (Fsp3) is 0.150. The third kappa shape index (κ3) is 3.67. The first-order valence-corrected chi connectivity index (χ1v) is 8.48. The van der Waals surface area contributed by atoms with E-state index in [1.54, 1.807) is 24.3 Å². The first-order chi connectivity index (χ1) is 13.1. The van der Waals surface area contributed by atoms with E-state index in [-0.39, 0.29) is 18.4 Å². The number of benzene rings is 2. The van der Waals surface area contributed by atoms with Crippen LogP contribution < -0.4 is 20.1 Å². The minimum atomic E-state index is -0.327. The molecule has 27 heavy (non-hydrogen) atoms. The predicted octanol–water partition coefficient (Wildman–Crippen LogP) is 3.82. The third-order valence-electron chi connectivity index (χ3n) is 4.11. The Hall–Kier alpha value is -3.61. The maximum Gasteiger partial charge on any atom is 0.274 e. The largest absolute Gasteiger partial charge is 0.454 e. The van der Waals surface area contributed by atoms with Gasteiger partial charge in [-0.15, -0.1) is 0 Å². The number of para-hydroxylation sites is 1. The van der Waals surface area contributed by atoms with Crippen LogP contribution in [0.5, 0.6) is 11.5 Å². The standard InChI is InChI=1S/C20H18N4O3/c1-12-5-3-4-6-15(12)23-20-21-13(2)9-16(24-20)19(25)22-14-7-8-17-18(10-14)27-11-26-17/h3-10H,11H2,1-2H3,(H,22,25)(H,21,23,24). The molecule has 2 heterocycles. The molecule has 0 aliphatic carbocycles. The first-order valence-electron chi connectivity index (χ1n) is 8.48. The summed E-state index contributed by atoms with van der Waals surface area (Å²) in [7, 11) is 0. The molecule has 0 bridgehead atoms. The van der Waals surface area contributed by atoms with E-state index in [9.17, 15) is 4.79 Å². The lowest BCUT2D eigenvalue weighted by Gasteiger charge is -2.10. The van der Waals surface area contributed by atoms with E-state index in [2.05, 4.69) is 20.6 Å². The summed E-state index contributed by atoms with van der Waals surface area (Å²) in [5, 5.41) is 5.99. The first kappa shape index (κ1) is 16.8. The smallest absolute Gasteiger partial charge is 0.274 e. The number of aryl methyl sites for hydroxylation is 2. The van der Waals surface area contributed by atoms with E-state index in [0.717, 1.165) is 11.3 Å². The fourth-order valence-corrected chi connectivity index (χ4v) is 2.74. The summed E-state index contributed by atoms with van der Waals surface area (Å²) in [5.74, 6) is 1.32. The summed E-state index contributed by atoms with van der Waals surface area (Å²) in [6.45, 7) is 4.00. The second-order valence-electron chi connectivity index (χ2n) is 6.18. The average Bonchev–Trinajstić information content (AvgIpc) is 3.11. The van der Waals surface area contributed by atoms with E-state index in [1.165, 1.54) is 0 Å². The van der Waals surface area contributed by atoms with Crippen molar-refractivity contribution >= 4 is 23.2 Å². The van der Waals surface area contributed by atoms with Gasteiger partial charge >= 0.3 is 0 Å². The summed E-state index contributed by atoms with van der Waals surface area (Å²) in [6.07, 6.45) is 0. The maximum absolute atomic E-state index is 12.6. The molecule has 0 saturated carbocycles. The van der Waals surface area contributed by atoms with E-state index in [0.29, 0.717) is 28.8 Å². The Kier molecular flexibility index (Phi) is 4.33. The number of carbonyl (C=O) groups excluding carboxylic acids is 1. The summed E-state index contributed by atoms with van der Waals surface area (Å²) in [6, 6.07) is 14.7. The zero-order chi connectivity index (χ0) is 18.8. The summed E-state index contributed by atoms with van der Waals surface area (Å²) < 4.78 is 10.6. The number of fused-ring (bicyclic) bond motifs is 1. The van der Waals surface area contributed by atoms with Crippen LogP contribution in [0, 0.1) is 13.8 Å². The van der Waals surface area contributed by atoms with Crippen molar-refractivity contribution in [2.45, 2.75) is 13.8 Å². The number of aromatic nitrogens is 2. The Bertz CT molecular complexity index is 1020. The molecular weight excluding hydrogens is 344 g/mol. The normalized spacial score (nSPS) is 11.9. The Morgan fingerprint density at radius 2 is 1.81 bits per heavy atom. The number of rotatable bonds is 4. The molecule has 2 aromatic carbocycles. The van der Waals surface area contributed by atoms with E-state index in [1.807, 2.05) is 38.1 Å². The summed E-state index contributed by atoms with van der Waals surface area (Å²) in [4.78, 5) is 21.4. The van der Waals surface area contributed by atoms with Crippen LogP contribution in [-0.4, -0.2) is 22.7 Å². The lowest BCUT2D eigenvalue weighted by molar-refractivity contribution is 0.102. The molecule has 0 atom stereocenters. The van der Waals surface area contributed by atoms with E-state index in [4.69, 9.17) is 9.47 Å². The monoisotopic (exact) mass is 362 g/mol. The van der Waals surface area contributed by atoms with Gasteiger partial charge in [-0.25, -0.2) is 9.97 Å². The molecule has 1 aliphatic rings. The number of amides is 1. The molecule has 3 aromatic rings. The van der Waals surface area contributed by atoms with Gasteiger partial charge in [0.25, 0.3) is 5.91 Å². The van der Waals surface area contributed by atoms with Gasteiger partial charge in [-0.2, -0.15) is 0 Å². The molecular formula is C20H18N4O3. The highest BCUT2D eigenvalue weighted by Gasteiger charge is 2.16. The van der Waals surface area contributed by atoms with Gasteiger partial charge in [-0.3, -0.25) is 4.79 Å². The molecule has 0 fully saturated rings. The highest BCUT2D eigenvalue weighted by atomic mass is 16.7. The molecule has 7 nitrogen and oxygen atoms in total. The average molecular weight is 362 g/mol. The van der Waals surface area contributed by atoms with Gasteiger partial charge in [0.05, 0.1) is 0 Å². The molecule has 0 saturated heterocycles. The van der Waals surface area contributed by atoms with Gasteiger partial charge in [0.15, 0.2) is 11.5 Å². The van der Waals surface area contributed by atoms with Crippen molar-refractivity contribution in [1.29, 1.82) is 0 Å². The van der Waals surface area contributed by atoms with Crippen molar-refractivity contribution in [3.05, 3.63) is 65.5 Å². The molecule has 0 spiro atoms. The van der Waals surface area contributed by atoms with Crippen LogP contribution in [0.2, 0.25) is 0 Å². The molecule has 1 aliphatic heterocycles. The molecule has 136 valence electrons. The number of ether oxygens (including phenoxy) is 2. The van der Waals surface area contributed by atoms with Crippen LogP contribution in [0.25, 0.3) is 0 Å². The second-order valence-corrected chi connectivity index (χ2v) is 6.18. The highest BCUT2D eigenvalue weighted by Crippen LogP contribution is 2.34. The van der Waals surface area contributed by atoms with Crippen molar-refractivity contribution in [1.82, 2.24) is 9.97 Å². The molecule has 1 amide bonds.